The van der Waals surface area contributed by atoms with Crippen LogP contribution in [0.25, 0.3) is 0 Å². The Labute approximate surface area is 204 Å². The van der Waals surface area contributed by atoms with Crippen LogP contribution in [0, 0.1) is 0 Å². The van der Waals surface area contributed by atoms with Crippen LogP contribution in [-0.2, 0) is 25.7 Å². The number of piperidine rings is 1. The highest BCUT2D eigenvalue weighted by Crippen LogP contribution is 2.34. The second kappa shape index (κ2) is 12.0. The first-order valence-corrected chi connectivity index (χ1v) is 13.2. The van der Waals surface area contributed by atoms with E-state index >= 15 is 0 Å². The standard InChI is InChI=1S/C25H33N3O5S/c29-18(6-4-11-27-12-14-33-15-13-27)5-1-2-16-34-22-8-3-7-19-20(22)17-28(25(19)32)21-9-10-23(30)26-24(21)31/h3,7-8,21H,1-2,4-6,9-17H2,(H,26,30,31). The lowest BCUT2D eigenvalue weighted by atomic mass is 10.0. The normalized spacial score (nSPS) is 21.0. The topological polar surface area (TPSA) is 96.0 Å². The summed E-state index contributed by atoms with van der Waals surface area (Å²) in [7, 11) is 0. The molecule has 9 heteroatoms. The number of fused-ring (bicyclic) bond motifs is 1. The lowest BCUT2D eigenvalue weighted by Crippen LogP contribution is -2.52. The second-order valence-corrected chi connectivity index (χ2v) is 10.2. The number of rotatable bonds is 11. The minimum absolute atomic E-state index is 0.144. The van der Waals surface area contributed by atoms with Crippen molar-refractivity contribution in [2.24, 2.45) is 0 Å². The van der Waals surface area contributed by atoms with Crippen LogP contribution in [0.2, 0.25) is 0 Å². The number of carbonyl (C=O) groups is 4. The van der Waals surface area contributed by atoms with Crippen LogP contribution in [0.1, 0.15) is 60.9 Å². The predicted octanol–water partition coefficient (Wildman–Crippen LogP) is 2.39. The highest BCUT2D eigenvalue weighted by atomic mass is 32.2. The first-order valence-electron chi connectivity index (χ1n) is 12.2. The first kappa shape index (κ1) is 24.9. The smallest absolute Gasteiger partial charge is 0.255 e. The van der Waals surface area contributed by atoms with Gasteiger partial charge >= 0.3 is 0 Å². The molecule has 0 aliphatic carbocycles. The highest BCUT2D eigenvalue weighted by Gasteiger charge is 2.39. The van der Waals surface area contributed by atoms with Crippen molar-refractivity contribution in [3.8, 4) is 0 Å². The average Bonchev–Trinajstić information content (AvgIpc) is 3.16. The third-order valence-electron chi connectivity index (χ3n) is 6.68. The van der Waals surface area contributed by atoms with Gasteiger partial charge in [0.1, 0.15) is 11.8 Å². The van der Waals surface area contributed by atoms with Crippen LogP contribution < -0.4 is 5.32 Å². The molecule has 2 saturated heterocycles. The van der Waals surface area contributed by atoms with E-state index in [1.165, 1.54) is 0 Å². The quantitative estimate of drug-likeness (QED) is 0.291. The predicted molar refractivity (Wildman–Crippen MR) is 129 cm³/mol. The molecule has 34 heavy (non-hydrogen) atoms. The molecule has 3 amide bonds. The van der Waals surface area contributed by atoms with Crippen LogP contribution in [0.15, 0.2) is 23.1 Å². The molecule has 0 spiro atoms. The molecule has 8 nitrogen and oxygen atoms in total. The lowest BCUT2D eigenvalue weighted by Gasteiger charge is -2.29. The molecular formula is C25H33N3O5S. The van der Waals surface area contributed by atoms with Crippen LogP contribution in [0.3, 0.4) is 0 Å². The third-order valence-corrected chi connectivity index (χ3v) is 7.87. The Morgan fingerprint density at radius 2 is 1.88 bits per heavy atom. The van der Waals surface area contributed by atoms with Gasteiger partial charge in [-0.25, -0.2) is 0 Å². The van der Waals surface area contributed by atoms with Gasteiger partial charge in [-0.15, -0.1) is 11.8 Å². The zero-order valence-corrected chi connectivity index (χ0v) is 20.4. The van der Waals surface area contributed by atoms with E-state index < -0.39 is 6.04 Å². The van der Waals surface area contributed by atoms with E-state index in [1.54, 1.807) is 16.7 Å². The van der Waals surface area contributed by atoms with E-state index in [4.69, 9.17) is 4.74 Å². The van der Waals surface area contributed by atoms with Gasteiger partial charge in [0.2, 0.25) is 11.8 Å². The zero-order chi connectivity index (χ0) is 23.9. The molecule has 0 aromatic heterocycles. The summed E-state index contributed by atoms with van der Waals surface area (Å²) in [5, 5.41) is 2.34. The fraction of sp³-hybridized carbons (Fsp3) is 0.600. The number of unbranched alkanes of at least 4 members (excludes halogenated alkanes) is 1. The van der Waals surface area contributed by atoms with Gasteiger partial charge in [-0.3, -0.25) is 29.4 Å². The molecule has 1 atom stereocenters. The number of morpholine rings is 1. The van der Waals surface area contributed by atoms with Gasteiger partial charge in [0.15, 0.2) is 0 Å². The van der Waals surface area contributed by atoms with Crippen molar-refractivity contribution < 1.29 is 23.9 Å². The first-order chi connectivity index (χ1) is 16.5. The van der Waals surface area contributed by atoms with Crippen LogP contribution >= 0.6 is 11.8 Å². The van der Waals surface area contributed by atoms with E-state index in [9.17, 15) is 19.2 Å². The SMILES string of the molecule is O=C(CCCCSc1cccc2c1CN(C1CCC(=O)NC1=O)C2=O)CCCN1CCOCC1. The molecule has 0 bridgehead atoms. The van der Waals surface area contributed by atoms with Gasteiger partial charge < -0.3 is 9.64 Å². The maximum absolute atomic E-state index is 12.9. The molecule has 3 aliphatic rings. The summed E-state index contributed by atoms with van der Waals surface area (Å²) < 4.78 is 5.35. The van der Waals surface area contributed by atoms with E-state index in [0.29, 0.717) is 37.2 Å². The van der Waals surface area contributed by atoms with Gasteiger partial charge in [0.05, 0.1) is 13.2 Å². The van der Waals surface area contributed by atoms with Gasteiger partial charge in [-0.05, 0) is 55.7 Å². The van der Waals surface area contributed by atoms with Crippen molar-refractivity contribution in [1.29, 1.82) is 0 Å². The summed E-state index contributed by atoms with van der Waals surface area (Å²) in [6.45, 7) is 4.87. The number of hydrogen-bond acceptors (Lipinski definition) is 7. The summed E-state index contributed by atoms with van der Waals surface area (Å²) in [4.78, 5) is 53.8. The molecule has 1 N–H and O–H groups in total. The van der Waals surface area contributed by atoms with Crippen molar-refractivity contribution in [2.75, 3.05) is 38.6 Å². The number of imide groups is 1. The number of carbonyl (C=O) groups excluding carboxylic acids is 4. The molecule has 1 aromatic carbocycles. The second-order valence-electron chi connectivity index (χ2n) is 9.08. The summed E-state index contributed by atoms with van der Waals surface area (Å²) in [6.07, 6.45) is 4.63. The Morgan fingerprint density at radius 3 is 2.68 bits per heavy atom. The fourth-order valence-corrected chi connectivity index (χ4v) is 5.84. The van der Waals surface area contributed by atoms with Gasteiger partial charge in [0, 0.05) is 49.4 Å². The highest BCUT2D eigenvalue weighted by molar-refractivity contribution is 7.99. The molecule has 184 valence electrons. The van der Waals surface area contributed by atoms with Crippen molar-refractivity contribution in [1.82, 2.24) is 15.1 Å². The number of nitrogens with zero attached hydrogens (tertiary/aromatic N) is 2. The Kier molecular flexibility index (Phi) is 8.74. The van der Waals surface area contributed by atoms with Crippen LogP contribution in [-0.4, -0.2) is 77.9 Å². The Balaban J connectivity index is 1.18. The van der Waals surface area contributed by atoms with Crippen molar-refractivity contribution >= 4 is 35.3 Å². The summed E-state index contributed by atoms with van der Waals surface area (Å²) in [5.41, 5.74) is 1.60. The zero-order valence-electron chi connectivity index (χ0n) is 19.6. The monoisotopic (exact) mass is 487 g/mol. The van der Waals surface area contributed by atoms with Crippen molar-refractivity contribution in [2.45, 2.75) is 62.4 Å². The van der Waals surface area contributed by atoms with Crippen molar-refractivity contribution in [3.63, 3.8) is 0 Å². The van der Waals surface area contributed by atoms with E-state index in [1.807, 2.05) is 18.2 Å². The minimum Gasteiger partial charge on any atom is -0.379 e. The van der Waals surface area contributed by atoms with Gasteiger partial charge in [-0.1, -0.05) is 6.07 Å². The average molecular weight is 488 g/mol. The molecule has 3 heterocycles. The molecule has 1 unspecified atom stereocenters. The number of amides is 3. The number of ketones is 1. The van der Waals surface area contributed by atoms with Crippen LogP contribution in [0.4, 0.5) is 0 Å². The van der Waals surface area contributed by atoms with E-state index in [-0.39, 0.29) is 24.1 Å². The minimum atomic E-state index is -0.593. The van der Waals surface area contributed by atoms with Crippen LogP contribution in [0.5, 0.6) is 0 Å². The van der Waals surface area contributed by atoms with E-state index in [0.717, 1.165) is 68.3 Å². The fourth-order valence-electron chi connectivity index (χ4n) is 4.75. The molecule has 4 rings (SSSR count). The van der Waals surface area contributed by atoms with Gasteiger partial charge in [-0.2, -0.15) is 0 Å². The molecule has 0 saturated carbocycles. The largest absolute Gasteiger partial charge is 0.379 e. The Bertz CT molecular complexity index is 931. The Hall–Kier alpha value is -2.23. The van der Waals surface area contributed by atoms with Crippen molar-refractivity contribution in [3.05, 3.63) is 29.3 Å². The third kappa shape index (κ3) is 6.25. The number of ether oxygens (including phenoxy) is 1. The lowest BCUT2D eigenvalue weighted by molar-refractivity contribution is -0.137. The number of nitrogens with one attached hydrogen (secondary N) is 1. The number of Topliss-reactive ketones (excluding diaryl/α,β-unsaturated/α-hetero) is 1. The molecular weight excluding hydrogens is 454 g/mol. The summed E-state index contributed by atoms with van der Waals surface area (Å²) >= 11 is 1.70. The van der Waals surface area contributed by atoms with E-state index in [2.05, 4.69) is 10.2 Å². The maximum atomic E-state index is 12.9. The molecule has 3 aliphatic heterocycles. The summed E-state index contributed by atoms with van der Waals surface area (Å²) in [6, 6.07) is 5.11. The number of thioether (sulfide) groups is 1. The van der Waals surface area contributed by atoms with Gasteiger partial charge in [0.25, 0.3) is 5.91 Å². The maximum Gasteiger partial charge on any atom is 0.255 e. The number of hydrogen-bond donors (Lipinski definition) is 1. The molecule has 2 fully saturated rings. The molecule has 0 radical (unpaired) electrons. The Morgan fingerprint density at radius 1 is 1.09 bits per heavy atom. The molecule has 1 aromatic rings. The number of benzene rings is 1. The summed E-state index contributed by atoms with van der Waals surface area (Å²) in [5.74, 6) is 0.404.